The molecule has 0 aliphatic rings. The molecule has 0 spiro atoms. The molecule has 0 aliphatic carbocycles. The van der Waals surface area contributed by atoms with Crippen molar-refractivity contribution in [3.63, 3.8) is 0 Å². The molecule has 1 heterocycles. The van der Waals surface area contributed by atoms with Crippen LogP contribution < -0.4 is 10.1 Å². The van der Waals surface area contributed by atoms with Gasteiger partial charge in [-0.2, -0.15) is 4.80 Å². The van der Waals surface area contributed by atoms with Crippen LogP contribution in [0.2, 0.25) is 0 Å². The summed E-state index contributed by atoms with van der Waals surface area (Å²) in [6, 6.07) is 14.9. The summed E-state index contributed by atoms with van der Waals surface area (Å²) in [5.74, 6) is 1.00. The molecule has 2 aromatic carbocycles. The van der Waals surface area contributed by atoms with Crippen molar-refractivity contribution < 1.29 is 9.53 Å². The van der Waals surface area contributed by atoms with Gasteiger partial charge in [0.2, 0.25) is 11.7 Å². The van der Waals surface area contributed by atoms with Gasteiger partial charge < -0.3 is 10.1 Å². The van der Waals surface area contributed by atoms with Crippen molar-refractivity contribution in [2.75, 3.05) is 12.4 Å². The third-order valence-corrected chi connectivity index (χ3v) is 3.42. The molecule has 0 bridgehead atoms. The van der Waals surface area contributed by atoms with Crippen molar-refractivity contribution in [2.45, 2.75) is 13.5 Å². The molecule has 1 aromatic heterocycles. The number of hydrogen-bond donors (Lipinski definition) is 1. The van der Waals surface area contributed by atoms with E-state index in [1.807, 2.05) is 55.5 Å². The quantitative estimate of drug-likeness (QED) is 0.779. The molecular formula is C17H17N5O2. The summed E-state index contributed by atoms with van der Waals surface area (Å²) in [6.45, 7) is 1.99. The van der Waals surface area contributed by atoms with E-state index in [1.165, 1.54) is 4.80 Å². The Morgan fingerprint density at radius 2 is 1.83 bits per heavy atom. The number of carbonyl (C=O) groups is 1. The minimum absolute atomic E-state index is 0.00295. The fourth-order valence-corrected chi connectivity index (χ4v) is 2.13. The molecule has 1 N–H and O–H groups in total. The first-order valence-corrected chi connectivity index (χ1v) is 7.43. The first-order valence-electron chi connectivity index (χ1n) is 7.43. The molecule has 3 rings (SSSR count). The molecule has 0 aliphatic heterocycles. The number of aryl methyl sites for hydroxylation is 1. The molecule has 0 unspecified atom stereocenters. The summed E-state index contributed by atoms with van der Waals surface area (Å²) in [4.78, 5) is 13.3. The molecule has 1 amide bonds. The lowest BCUT2D eigenvalue weighted by molar-refractivity contribution is -0.117. The average molecular weight is 323 g/mol. The third-order valence-electron chi connectivity index (χ3n) is 3.42. The SMILES string of the molecule is COc1ccc(-c2nnn(CC(=O)Nc3ccc(C)cc3)n2)cc1. The van der Waals surface area contributed by atoms with Gasteiger partial charge in [0.1, 0.15) is 12.3 Å². The van der Waals surface area contributed by atoms with Gasteiger partial charge in [0.15, 0.2) is 0 Å². The largest absolute Gasteiger partial charge is 0.497 e. The lowest BCUT2D eigenvalue weighted by Crippen LogP contribution is -2.20. The first kappa shape index (κ1) is 15.7. The highest BCUT2D eigenvalue weighted by Gasteiger charge is 2.09. The van der Waals surface area contributed by atoms with Gasteiger partial charge in [0.25, 0.3) is 0 Å². The average Bonchev–Trinajstić information content (AvgIpc) is 3.05. The van der Waals surface area contributed by atoms with E-state index in [0.29, 0.717) is 5.82 Å². The van der Waals surface area contributed by atoms with Crippen molar-refractivity contribution >= 4 is 11.6 Å². The van der Waals surface area contributed by atoms with Crippen LogP contribution in [0, 0.1) is 6.92 Å². The summed E-state index contributed by atoms with van der Waals surface area (Å²) in [5.41, 5.74) is 2.68. The molecule has 0 fully saturated rings. The second-order valence-corrected chi connectivity index (χ2v) is 5.29. The zero-order chi connectivity index (χ0) is 16.9. The van der Waals surface area contributed by atoms with E-state index >= 15 is 0 Å². The molecule has 0 atom stereocenters. The Bertz CT molecular complexity index is 825. The highest BCUT2D eigenvalue weighted by molar-refractivity contribution is 5.90. The highest BCUT2D eigenvalue weighted by Crippen LogP contribution is 2.18. The summed E-state index contributed by atoms with van der Waals surface area (Å²) in [6.07, 6.45) is 0. The molecule has 0 saturated heterocycles. The Balaban J connectivity index is 1.64. The zero-order valence-corrected chi connectivity index (χ0v) is 13.4. The second kappa shape index (κ2) is 6.91. The summed E-state index contributed by atoms with van der Waals surface area (Å²) in [5, 5.41) is 14.9. The van der Waals surface area contributed by atoms with Crippen LogP contribution in [0.25, 0.3) is 11.4 Å². The monoisotopic (exact) mass is 323 g/mol. The molecule has 7 nitrogen and oxygen atoms in total. The fraction of sp³-hybridized carbons (Fsp3) is 0.176. The van der Waals surface area contributed by atoms with Gasteiger partial charge in [0.05, 0.1) is 7.11 Å². The Morgan fingerprint density at radius 3 is 2.50 bits per heavy atom. The number of nitrogens with one attached hydrogen (secondary N) is 1. The predicted molar refractivity (Wildman–Crippen MR) is 89.6 cm³/mol. The number of benzene rings is 2. The lowest BCUT2D eigenvalue weighted by Gasteiger charge is -2.04. The van der Waals surface area contributed by atoms with Crippen LogP contribution in [0.5, 0.6) is 5.75 Å². The van der Waals surface area contributed by atoms with Crippen LogP contribution in [0.4, 0.5) is 5.69 Å². The number of carbonyl (C=O) groups excluding carboxylic acids is 1. The van der Waals surface area contributed by atoms with Gasteiger partial charge in [0, 0.05) is 11.3 Å². The third kappa shape index (κ3) is 3.75. The van der Waals surface area contributed by atoms with Crippen molar-refractivity contribution in [1.82, 2.24) is 20.2 Å². The Labute approximate surface area is 139 Å². The van der Waals surface area contributed by atoms with Crippen molar-refractivity contribution in [2.24, 2.45) is 0 Å². The topological polar surface area (TPSA) is 81.9 Å². The van der Waals surface area contributed by atoms with Gasteiger partial charge in [-0.1, -0.05) is 17.7 Å². The molecule has 7 heteroatoms. The molecule has 24 heavy (non-hydrogen) atoms. The van der Waals surface area contributed by atoms with Crippen LogP contribution in [0.3, 0.4) is 0 Å². The Kier molecular flexibility index (Phi) is 4.51. The maximum atomic E-state index is 12.0. The smallest absolute Gasteiger partial charge is 0.248 e. The van der Waals surface area contributed by atoms with Gasteiger partial charge in [-0.15, -0.1) is 10.2 Å². The number of rotatable bonds is 5. The van der Waals surface area contributed by atoms with Crippen molar-refractivity contribution in [3.8, 4) is 17.1 Å². The zero-order valence-electron chi connectivity index (χ0n) is 13.4. The highest BCUT2D eigenvalue weighted by atomic mass is 16.5. The van der Waals surface area contributed by atoms with Crippen LogP contribution in [-0.4, -0.2) is 33.2 Å². The van der Waals surface area contributed by atoms with Crippen LogP contribution in [0.15, 0.2) is 48.5 Å². The maximum absolute atomic E-state index is 12.0. The van der Waals surface area contributed by atoms with Crippen molar-refractivity contribution in [3.05, 3.63) is 54.1 Å². The number of anilines is 1. The number of tetrazole rings is 1. The van der Waals surface area contributed by atoms with E-state index in [2.05, 4.69) is 20.7 Å². The summed E-state index contributed by atoms with van der Waals surface area (Å²) in [7, 11) is 1.61. The van der Waals surface area contributed by atoms with Gasteiger partial charge in [-0.05, 0) is 48.5 Å². The predicted octanol–water partition coefficient (Wildman–Crippen LogP) is 2.30. The number of nitrogens with zero attached hydrogens (tertiary/aromatic N) is 4. The summed E-state index contributed by atoms with van der Waals surface area (Å²) < 4.78 is 5.11. The van der Waals surface area contributed by atoms with E-state index in [4.69, 9.17) is 4.74 Å². The normalized spacial score (nSPS) is 10.4. The lowest BCUT2D eigenvalue weighted by atomic mass is 10.2. The number of methoxy groups -OCH3 is 1. The molecule has 0 radical (unpaired) electrons. The second-order valence-electron chi connectivity index (χ2n) is 5.29. The van der Waals surface area contributed by atoms with E-state index in [9.17, 15) is 4.79 Å². The van der Waals surface area contributed by atoms with E-state index < -0.39 is 0 Å². The minimum atomic E-state index is -0.211. The Morgan fingerprint density at radius 1 is 1.12 bits per heavy atom. The van der Waals surface area contributed by atoms with E-state index in [1.54, 1.807) is 7.11 Å². The number of hydrogen-bond acceptors (Lipinski definition) is 5. The number of amides is 1. The fourth-order valence-electron chi connectivity index (χ4n) is 2.13. The van der Waals surface area contributed by atoms with Gasteiger partial charge >= 0.3 is 0 Å². The molecule has 122 valence electrons. The number of ether oxygens (including phenoxy) is 1. The van der Waals surface area contributed by atoms with Crippen LogP contribution >= 0.6 is 0 Å². The van der Waals surface area contributed by atoms with Gasteiger partial charge in [-0.3, -0.25) is 4.79 Å². The van der Waals surface area contributed by atoms with Gasteiger partial charge in [-0.25, -0.2) is 0 Å². The van der Waals surface area contributed by atoms with Crippen LogP contribution in [-0.2, 0) is 11.3 Å². The molecule has 3 aromatic rings. The van der Waals surface area contributed by atoms with Crippen molar-refractivity contribution in [1.29, 1.82) is 0 Å². The van der Waals surface area contributed by atoms with E-state index in [0.717, 1.165) is 22.6 Å². The molecule has 0 saturated carbocycles. The van der Waals surface area contributed by atoms with E-state index in [-0.39, 0.29) is 12.5 Å². The standard InChI is InChI=1S/C17H17N5O2/c1-12-3-7-14(8-4-12)18-16(23)11-22-20-17(19-21-22)13-5-9-15(24-2)10-6-13/h3-10H,11H2,1-2H3,(H,18,23). The Hall–Kier alpha value is -3.22. The molecular weight excluding hydrogens is 306 g/mol. The number of aromatic nitrogens is 4. The minimum Gasteiger partial charge on any atom is -0.497 e. The van der Waals surface area contributed by atoms with Crippen LogP contribution in [0.1, 0.15) is 5.56 Å². The maximum Gasteiger partial charge on any atom is 0.248 e. The first-order chi connectivity index (χ1) is 11.6. The summed E-state index contributed by atoms with van der Waals surface area (Å²) >= 11 is 0.